The number of nitrogens with zero attached hydrogens (tertiary/aromatic N) is 1. The summed E-state index contributed by atoms with van der Waals surface area (Å²) in [6.07, 6.45) is 1.72. The number of benzene rings is 1. The van der Waals surface area contributed by atoms with Crippen molar-refractivity contribution in [3.63, 3.8) is 0 Å². The van der Waals surface area contributed by atoms with Gasteiger partial charge in [0.2, 0.25) is 5.91 Å². The van der Waals surface area contributed by atoms with Gasteiger partial charge in [-0.05, 0) is 49.1 Å². The summed E-state index contributed by atoms with van der Waals surface area (Å²) in [6.45, 7) is 2.35. The van der Waals surface area contributed by atoms with Crippen LogP contribution in [0.15, 0.2) is 44.6 Å². The molecule has 2 aliphatic heterocycles. The molecule has 2 N–H and O–H groups in total. The number of carbonyl (C=O) groups is 2. The van der Waals surface area contributed by atoms with Crippen LogP contribution in [0.25, 0.3) is 0 Å². The van der Waals surface area contributed by atoms with Crippen molar-refractivity contribution in [2.45, 2.75) is 32.3 Å². The lowest BCUT2D eigenvalue weighted by Crippen LogP contribution is -2.23. The lowest BCUT2D eigenvalue weighted by molar-refractivity contribution is -0.119. The van der Waals surface area contributed by atoms with Gasteiger partial charge in [0.1, 0.15) is 17.4 Å². The van der Waals surface area contributed by atoms with E-state index >= 15 is 0 Å². The summed E-state index contributed by atoms with van der Waals surface area (Å²) in [5.41, 5.74) is 4.19. The predicted molar refractivity (Wildman–Crippen MR) is 101 cm³/mol. The SMILES string of the molecule is Cc1cc(C2CCCO2)oc(=O)c1C(=O)Nc1ccc(C2=NNC(=O)C2)cc1. The summed E-state index contributed by atoms with van der Waals surface area (Å²) >= 11 is 0. The topological polar surface area (TPSA) is 110 Å². The molecule has 1 aromatic carbocycles. The van der Waals surface area contributed by atoms with E-state index in [9.17, 15) is 14.4 Å². The average molecular weight is 381 g/mol. The van der Waals surface area contributed by atoms with Crippen molar-refractivity contribution >= 4 is 23.2 Å². The second kappa shape index (κ2) is 7.40. The van der Waals surface area contributed by atoms with Gasteiger partial charge in [0.25, 0.3) is 5.91 Å². The van der Waals surface area contributed by atoms with Gasteiger partial charge < -0.3 is 14.5 Å². The van der Waals surface area contributed by atoms with Crippen molar-refractivity contribution in [1.82, 2.24) is 5.43 Å². The van der Waals surface area contributed by atoms with Gasteiger partial charge in [-0.2, -0.15) is 5.10 Å². The molecule has 2 aliphatic rings. The molecule has 1 aromatic heterocycles. The highest BCUT2D eigenvalue weighted by Crippen LogP contribution is 2.28. The van der Waals surface area contributed by atoms with Crippen LogP contribution in [-0.4, -0.2) is 24.1 Å². The molecule has 8 heteroatoms. The van der Waals surface area contributed by atoms with Crippen LogP contribution >= 0.6 is 0 Å². The second-order valence-corrected chi connectivity index (χ2v) is 6.80. The lowest BCUT2D eigenvalue weighted by Gasteiger charge is -2.11. The summed E-state index contributed by atoms with van der Waals surface area (Å²) in [5, 5.41) is 6.66. The van der Waals surface area contributed by atoms with Gasteiger partial charge in [0.05, 0.1) is 12.1 Å². The zero-order valence-corrected chi connectivity index (χ0v) is 15.3. The summed E-state index contributed by atoms with van der Waals surface area (Å²) in [5.74, 6) is -0.227. The minimum absolute atomic E-state index is 0.0270. The number of hydrazone groups is 1. The van der Waals surface area contributed by atoms with E-state index in [1.807, 2.05) is 0 Å². The Labute approximate surface area is 160 Å². The minimum atomic E-state index is -0.676. The molecule has 0 radical (unpaired) electrons. The van der Waals surface area contributed by atoms with Gasteiger partial charge in [0.15, 0.2) is 0 Å². The third-order valence-corrected chi connectivity index (χ3v) is 4.76. The van der Waals surface area contributed by atoms with E-state index in [4.69, 9.17) is 9.15 Å². The van der Waals surface area contributed by atoms with Gasteiger partial charge in [-0.15, -0.1) is 0 Å². The van der Waals surface area contributed by atoms with E-state index in [1.54, 1.807) is 37.3 Å². The largest absolute Gasteiger partial charge is 0.424 e. The smallest absolute Gasteiger partial charge is 0.349 e. The molecule has 2 amide bonds. The molecule has 1 unspecified atom stereocenters. The number of ether oxygens (including phenoxy) is 1. The van der Waals surface area contributed by atoms with Crippen LogP contribution in [0.1, 0.15) is 52.6 Å². The maximum Gasteiger partial charge on any atom is 0.349 e. The van der Waals surface area contributed by atoms with E-state index < -0.39 is 11.5 Å². The molecule has 3 heterocycles. The molecular formula is C20H19N3O5. The fraction of sp³-hybridized carbons (Fsp3) is 0.300. The molecule has 2 aromatic rings. The molecule has 8 nitrogen and oxygen atoms in total. The van der Waals surface area contributed by atoms with Gasteiger partial charge in [0, 0.05) is 12.3 Å². The number of anilines is 1. The van der Waals surface area contributed by atoms with Crippen molar-refractivity contribution in [2.24, 2.45) is 5.10 Å². The van der Waals surface area contributed by atoms with E-state index in [0.717, 1.165) is 18.4 Å². The van der Waals surface area contributed by atoms with Crippen LogP contribution in [0.4, 0.5) is 5.69 Å². The minimum Gasteiger partial charge on any atom is -0.424 e. The lowest BCUT2D eigenvalue weighted by atomic mass is 10.1. The summed E-state index contributed by atoms with van der Waals surface area (Å²) in [4.78, 5) is 36.2. The van der Waals surface area contributed by atoms with Gasteiger partial charge >= 0.3 is 5.63 Å². The monoisotopic (exact) mass is 381 g/mol. The predicted octanol–water partition coefficient (Wildman–Crippen LogP) is 2.28. The van der Waals surface area contributed by atoms with Crippen molar-refractivity contribution in [2.75, 3.05) is 11.9 Å². The number of rotatable bonds is 4. The van der Waals surface area contributed by atoms with Crippen LogP contribution in [0.5, 0.6) is 0 Å². The average Bonchev–Trinajstić information content (AvgIpc) is 3.33. The van der Waals surface area contributed by atoms with E-state index in [2.05, 4.69) is 15.8 Å². The Morgan fingerprint density at radius 1 is 1.25 bits per heavy atom. The molecule has 28 heavy (non-hydrogen) atoms. The Balaban J connectivity index is 1.50. The number of carbonyl (C=O) groups excluding carboxylic acids is 2. The molecule has 1 saturated heterocycles. The zero-order valence-electron chi connectivity index (χ0n) is 15.3. The number of amides is 2. The molecule has 0 aliphatic carbocycles. The normalized spacial score (nSPS) is 18.7. The molecule has 0 spiro atoms. The van der Waals surface area contributed by atoms with E-state index in [-0.39, 0.29) is 24.0 Å². The van der Waals surface area contributed by atoms with Crippen LogP contribution in [0.3, 0.4) is 0 Å². The third kappa shape index (κ3) is 3.59. The third-order valence-electron chi connectivity index (χ3n) is 4.76. The molecule has 144 valence electrons. The van der Waals surface area contributed by atoms with Gasteiger partial charge in [-0.1, -0.05) is 12.1 Å². The Kier molecular flexibility index (Phi) is 4.79. The summed E-state index contributed by atoms with van der Waals surface area (Å²) in [7, 11) is 0. The van der Waals surface area contributed by atoms with Crippen molar-refractivity contribution in [3.8, 4) is 0 Å². The van der Waals surface area contributed by atoms with E-state index in [0.29, 0.717) is 29.3 Å². The molecular weight excluding hydrogens is 362 g/mol. The number of hydrogen-bond acceptors (Lipinski definition) is 6. The van der Waals surface area contributed by atoms with Crippen LogP contribution in [0.2, 0.25) is 0 Å². The fourth-order valence-electron chi connectivity index (χ4n) is 3.33. The first-order chi connectivity index (χ1) is 13.5. The highest BCUT2D eigenvalue weighted by Gasteiger charge is 2.24. The quantitative estimate of drug-likeness (QED) is 0.844. The second-order valence-electron chi connectivity index (χ2n) is 6.80. The van der Waals surface area contributed by atoms with Gasteiger partial charge in [-0.25, -0.2) is 10.2 Å². The van der Waals surface area contributed by atoms with Crippen LogP contribution in [0, 0.1) is 6.92 Å². The van der Waals surface area contributed by atoms with Crippen LogP contribution in [-0.2, 0) is 9.53 Å². The highest BCUT2D eigenvalue weighted by atomic mass is 16.5. The number of nitrogens with one attached hydrogen (secondary N) is 2. The molecule has 4 rings (SSSR count). The maximum atomic E-state index is 12.6. The maximum absolute atomic E-state index is 12.6. The van der Waals surface area contributed by atoms with Gasteiger partial charge in [-0.3, -0.25) is 9.59 Å². The molecule has 0 saturated carbocycles. The highest BCUT2D eigenvalue weighted by molar-refractivity contribution is 6.14. The first kappa shape index (κ1) is 18.1. The van der Waals surface area contributed by atoms with Crippen LogP contribution < -0.4 is 16.4 Å². The summed E-state index contributed by atoms with van der Waals surface area (Å²) in [6, 6.07) is 8.58. The summed E-state index contributed by atoms with van der Waals surface area (Å²) < 4.78 is 10.9. The Hall–Kier alpha value is -3.26. The molecule has 1 fully saturated rings. The van der Waals surface area contributed by atoms with E-state index in [1.165, 1.54) is 0 Å². The standard InChI is InChI=1S/C20H19N3O5/c1-11-9-16(15-3-2-8-27-15)28-20(26)18(11)19(25)21-13-6-4-12(5-7-13)14-10-17(24)23-22-14/h4-7,9,15H,2-3,8,10H2,1H3,(H,21,25)(H,23,24). The zero-order chi connectivity index (χ0) is 19.7. The van der Waals surface area contributed by atoms with Crippen molar-refractivity contribution in [3.05, 3.63) is 63.2 Å². The fourth-order valence-corrected chi connectivity index (χ4v) is 3.33. The first-order valence-electron chi connectivity index (χ1n) is 9.04. The molecule has 0 bridgehead atoms. The number of hydrogen-bond donors (Lipinski definition) is 2. The van der Waals surface area contributed by atoms with Crippen molar-refractivity contribution in [1.29, 1.82) is 0 Å². The Morgan fingerprint density at radius 3 is 2.64 bits per heavy atom. The Bertz CT molecular complexity index is 1020. The number of aryl methyl sites for hydroxylation is 1. The molecule has 1 atom stereocenters. The van der Waals surface area contributed by atoms with Crippen molar-refractivity contribution < 1.29 is 18.7 Å². The first-order valence-corrected chi connectivity index (χ1v) is 9.04. The Morgan fingerprint density at radius 2 is 2.04 bits per heavy atom.